The second-order valence-corrected chi connectivity index (χ2v) is 11.4. The number of hydrogen-bond acceptors (Lipinski definition) is 4. The van der Waals surface area contributed by atoms with Gasteiger partial charge in [-0.1, -0.05) is 37.3 Å². The molecule has 2 saturated carbocycles. The Morgan fingerprint density at radius 1 is 1.14 bits per heavy atom. The number of imidazole rings is 1. The van der Waals surface area contributed by atoms with E-state index in [1.165, 1.54) is 28.6 Å². The number of nitrogens with one attached hydrogen (secondary N) is 1. The van der Waals surface area contributed by atoms with E-state index in [-0.39, 0.29) is 35.1 Å². The highest BCUT2D eigenvalue weighted by molar-refractivity contribution is 5.82. The lowest BCUT2D eigenvalue weighted by atomic mass is 9.80. The number of aromatic nitrogens is 3. The molecular formula is C31H33N5O. The fourth-order valence-electron chi connectivity index (χ4n) is 6.44. The molecule has 3 aromatic rings. The number of aliphatic imine (C=N–C) groups is 1. The van der Waals surface area contributed by atoms with Crippen molar-refractivity contribution in [2.45, 2.75) is 63.5 Å². The van der Waals surface area contributed by atoms with Crippen LogP contribution >= 0.6 is 0 Å². The van der Waals surface area contributed by atoms with Gasteiger partial charge in [0.2, 0.25) is 11.9 Å². The second kappa shape index (κ2) is 8.51. The van der Waals surface area contributed by atoms with Crippen LogP contribution in [0.5, 0.6) is 0 Å². The molecule has 4 unspecified atom stereocenters. The van der Waals surface area contributed by atoms with Crippen LogP contribution in [0.25, 0.3) is 10.9 Å². The summed E-state index contributed by atoms with van der Waals surface area (Å²) in [6.07, 6.45) is 18.2. The van der Waals surface area contributed by atoms with Gasteiger partial charge in [-0.3, -0.25) is 9.78 Å². The maximum atomic E-state index is 12.8. The van der Waals surface area contributed by atoms with Crippen LogP contribution in [0.1, 0.15) is 63.3 Å². The van der Waals surface area contributed by atoms with E-state index >= 15 is 0 Å². The lowest BCUT2D eigenvalue weighted by molar-refractivity contribution is -0.125. The smallest absolute Gasteiger partial charge is 0.229 e. The molecule has 0 bridgehead atoms. The Morgan fingerprint density at radius 3 is 2.76 bits per heavy atom. The zero-order chi connectivity index (χ0) is 25.1. The van der Waals surface area contributed by atoms with Gasteiger partial charge in [0.1, 0.15) is 0 Å². The Morgan fingerprint density at radius 2 is 2.00 bits per heavy atom. The first-order chi connectivity index (χ1) is 18.0. The lowest BCUT2D eigenvalue weighted by Gasteiger charge is -2.33. The normalized spacial score (nSPS) is 27.9. The van der Waals surface area contributed by atoms with Gasteiger partial charge in [-0.05, 0) is 74.3 Å². The molecule has 37 heavy (non-hydrogen) atoms. The number of pyridine rings is 1. The molecule has 0 radical (unpaired) electrons. The molecule has 6 heteroatoms. The molecule has 7 rings (SSSR count). The monoisotopic (exact) mass is 491 g/mol. The molecule has 0 saturated heterocycles. The number of carbonyl (C=O) groups excluding carboxylic acids is 1. The molecule has 188 valence electrons. The van der Waals surface area contributed by atoms with Gasteiger partial charge < -0.3 is 9.88 Å². The molecule has 2 aromatic heterocycles. The van der Waals surface area contributed by atoms with Gasteiger partial charge in [0, 0.05) is 41.2 Å². The van der Waals surface area contributed by atoms with Crippen molar-refractivity contribution in [2.75, 3.05) is 0 Å². The van der Waals surface area contributed by atoms with Gasteiger partial charge in [0.25, 0.3) is 0 Å². The molecule has 3 aliphatic carbocycles. The summed E-state index contributed by atoms with van der Waals surface area (Å²) in [5.41, 5.74) is 4.84. The average Bonchev–Trinajstić information content (AvgIpc) is 3.57. The molecule has 1 aliphatic heterocycles. The van der Waals surface area contributed by atoms with Gasteiger partial charge in [-0.15, -0.1) is 0 Å². The predicted octanol–water partition coefficient (Wildman–Crippen LogP) is 5.82. The summed E-state index contributed by atoms with van der Waals surface area (Å²) >= 11 is 0. The van der Waals surface area contributed by atoms with Crippen molar-refractivity contribution < 1.29 is 4.79 Å². The Balaban J connectivity index is 1.16. The van der Waals surface area contributed by atoms with Crippen LogP contribution in [0, 0.1) is 17.8 Å². The van der Waals surface area contributed by atoms with E-state index in [0.717, 1.165) is 37.1 Å². The topological polar surface area (TPSA) is 72.2 Å². The van der Waals surface area contributed by atoms with Gasteiger partial charge in [0.15, 0.2) is 0 Å². The Bertz CT molecular complexity index is 1470. The number of benzene rings is 1. The zero-order valence-corrected chi connectivity index (χ0v) is 21.5. The molecule has 1 amide bonds. The van der Waals surface area contributed by atoms with E-state index in [1.807, 2.05) is 18.5 Å². The lowest BCUT2D eigenvalue weighted by Crippen LogP contribution is -2.43. The number of fused-ring (bicyclic) bond motifs is 2. The van der Waals surface area contributed by atoms with Crippen molar-refractivity contribution in [3.63, 3.8) is 0 Å². The van der Waals surface area contributed by atoms with Gasteiger partial charge >= 0.3 is 0 Å². The largest absolute Gasteiger partial charge is 0.353 e. The maximum absolute atomic E-state index is 12.8. The van der Waals surface area contributed by atoms with E-state index in [9.17, 15) is 4.79 Å². The molecule has 4 atom stereocenters. The first-order valence-corrected chi connectivity index (χ1v) is 13.7. The van der Waals surface area contributed by atoms with Gasteiger partial charge in [0.05, 0.1) is 23.3 Å². The average molecular weight is 492 g/mol. The molecule has 3 heterocycles. The Kier molecular flexibility index (Phi) is 5.20. The van der Waals surface area contributed by atoms with Crippen LogP contribution in [0.4, 0.5) is 5.95 Å². The molecule has 4 aliphatic rings. The molecule has 6 nitrogen and oxygen atoms in total. The Hall–Kier alpha value is -3.54. The van der Waals surface area contributed by atoms with Crippen molar-refractivity contribution in [1.82, 2.24) is 19.9 Å². The first kappa shape index (κ1) is 22.6. The minimum atomic E-state index is -0.100. The standard InChI is InChI=1S/C31H33N5O/c1-19-15-21(8-10-25(19)29(37)35-24-6-3-7-24)26-17-33-30-34-18-28(36(30)20(26)2)31(12-13-31)23-9-11-27-22(16-23)5-4-14-32-27/h4-5,8-11,14-20,24-26H,3,6-7,12-13H2,1-2H3,(H,35,37). The van der Waals surface area contributed by atoms with Crippen LogP contribution < -0.4 is 5.32 Å². The summed E-state index contributed by atoms with van der Waals surface area (Å²) in [7, 11) is 0. The van der Waals surface area contributed by atoms with E-state index in [0.29, 0.717) is 6.04 Å². The van der Waals surface area contributed by atoms with Crippen LogP contribution in [-0.4, -0.2) is 32.7 Å². The number of hydrogen-bond donors (Lipinski definition) is 1. The third-order valence-corrected chi connectivity index (χ3v) is 9.11. The van der Waals surface area contributed by atoms with Crippen molar-refractivity contribution in [2.24, 2.45) is 22.7 Å². The van der Waals surface area contributed by atoms with Crippen LogP contribution in [0.2, 0.25) is 0 Å². The minimum absolute atomic E-state index is 0.0181. The summed E-state index contributed by atoms with van der Waals surface area (Å²) in [5, 5.41) is 4.40. The highest BCUT2D eigenvalue weighted by Crippen LogP contribution is 2.55. The summed E-state index contributed by atoms with van der Waals surface area (Å²) in [4.78, 5) is 26.9. The summed E-state index contributed by atoms with van der Waals surface area (Å²) in [6, 6.07) is 11.4. The number of allylic oxidation sites excluding steroid dienone is 3. The highest BCUT2D eigenvalue weighted by atomic mass is 16.2. The summed E-state index contributed by atoms with van der Waals surface area (Å²) < 4.78 is 2.36. The fraction of sp³-hybridized carbons (Fsp3) is 0.419. The molecule has 1 aromatic carbocycles. The van der Waals surface area contributed by atoms with Crippen LogP contribution in [-0.2, 0) is 10.2 Å². The first-order valence-electron chi connectivity index (χ1n) is 13.7. The van der Waals surface area contributed by atoms with Gasteiger partial charge in [-0.2, -0.15) is 0 Å². The van der Waals surface area contributed by atoms with E-state index in [1.54, 1.807) is 0 Å². The quantitative estimate of drug-likeness (QED) is 0.489. The highest BCUT2D eigenvalue weighted by Gasteiger charge is 2.50. The number of nitrogens with zero attached hydrogens (tertiary/aromatic N) is 4. The summed E-state index contributed by atoms with van der Waals surface area (Å²) in [6.45, 7) is 4.43. The second-order valence-electron chi connectivity index (χ2n) is 11.4. The van der Waals surface area contributed by atoms with Crippen molar-refractivity contribution in [3.05, 3.63) is 77.8 Å². The fourth-order valence-corrected chi connectivity index (χ4v) is 6.44. The predicted molar refractivity (Wildman–Crippen MR) is 146 cm³/mol. The SMILES string of the molecule is CC1C=C(C2C=Nc3ncc(C4(c5ccc6ncccc6c5)CC4)n3C2C)C=CC1C(=O)NC1CCC1. The van der Waals surface area contributed by atoms with Crippen LogP contribution in [0.3, 0.4) is 0 Å². The summed E-state index contributed by atoms with van der Waals surface area (Å²) in [5.74, 6) is 1.15. The zero-order valence-electron chi connectivity index (χ0n) is 21.5. The molecule has 1 N–H and O–H groups in total. The van der Waals surface area contributed by atoms with E-state index in [2.05, 4.69) is 77.4 Å². The van der Waals surface area contributed by atoms with Crippen molar-refractivity contribution >= 4 is 29.0 Å². The molecular weight excluding hydrogens is 458 g/mol. The minimum Gasteiger partial charge on any atom is -0.353 e. The number of rotatable bonds is 5. The Labute approximate surface area is 217 Å². The van der Waals surface area contributed by atoms with E-state index < -0.39 is 0 Å². The van der Waals surface area contributed by atoms with E-state index in [4.69, 9.17) is 9.98 Å². The third-order valence-electron chi connectivity index (χ3n) is 9.11. The molecule has 2 fully saturated rings. The third kappa shape index (κ3) is 3.68. The maximum Gasteiger partial charge on any atom is 0.229 e. The van der Waals surface area contributed by atoms with Crippen LogP contribution in [0.15, 0.2) is 71.5 Å². The number of amides is 1. The molecule has 0 spiro atoms. The van der Waals surface area contributed by atoms with Crippen molar-refractivity contribution in [1.29, 1.82) is 0 Å². The van der Waals surface area contributed by atoms with Crippen molar-refractivity contribution in [3.8, 4) is 0 Å². The van der Waals surface area contributed by atoms with Gasteiger partial charge in [-0.25, -0.2) is 9.98 Å². The number of carbonyl (C=O) groups is 1.